The predicted octanol–water partition coefficient (Wildman–Crippen LogP) is 3.58. The molecule has 2 heterocycles. The molecule has 3 unspecified atom stereocenters. The van der Waals surface area contributed by atoms with Crippen molar-refractivity contribution in [2.75, 3.05) is 25.1 Å². The van der Waals surface area contributed by atoms with E-state index in [9.17, 15) is 9.59 Å². The molecular weight excluding hydrogens is 520 g/mol. The zero-order chi connectivity index (χ0) is 28.2. The third kappa shape index (κ3) is 7.20. The number of nitrogens with one attached hydrogen (secondary N) is 4. The van der Waals surface area contributed by atoms with Crippen LogP contribution in [0.5, 0.6) is 5.75 Å². The van der Waals surface area contributed by atoms with Crippen LogP contribution in [0.25, 0.3) is 0 Å². The number of ether oxygens (including phenoxy) is 2. The standard InChI is InChI=1S/C28H37ClN6O4/c1-17-33-34-26-22(16-24(36)30-13-6-14-31-27(37)39-28(2,3)4)32-25(18-7-9-19(29)10-8-18)21-15-20(38-5)11-12-23(21)35(17)26/h7-12,15,17,22,26,33-34H,6,13-14,16H2,1-5H3,(H,30,36)(H,31,37). The highest BCUT2D eigenvalue weighted by Gasteiger charge is 2.40. The number of rotatable bonds is 8. The van der Waals surface area contributed by atoms with E-state index in [0.717, 1.165) is 28.3 Å². The Morgan fingerprint density at radius 1 is 1.08 bits per heavy atom. The molecular formula is C28H37ClN6O4. The van der Waals surface area contributed by atoms with Crippen LogP contribution >= 0.6 is 11.6 Å². The second kappa shape index (κ2) is 12.2. The largest absolute Gasteiger partial charge is 0.497 e. The molecule has 0 aliphatic carbocycles. The second-order valence-corrected chi connectivity index (χ2v) is 11.0. The highest BCUT2D eigenvalue weighted by atomic mass is 35.5. The van der Waals surface area contributed by atoms with Gasteiger partial charge in [-0.25, -0.2) is 15.6 Å². The van der Waals surface area contributed by atoms with Crippen molar-refractivity contribution in [3.8, 4) is 5.75 Å². The van der Waals surface area contributed by atoms with Crippen molar-refractivity contribution >= 4 is 35.0 Å². The number of hydrazine groups is 1. The van der Waals surface area contributed by atoms with E-state index >= 15 is 0 Å². The number of hydrogen-bond acceptors (Lipinski definition) is 8. The molecule has 2 aromatic rings. The molecule has 2 aliphatic rings. The Kier molecular flexibility index (Phi) is 8.99. The van der Waals surface area contributed by atoms with E-state index in [-0.39, 0.29) is 24.7 Å². The van der Waals surface area contributed by atoms with Gasteiger partial charge >= 0.3 is 6.09 Å². The molecule has 2 aliphatic heterocycles. The minimum atomic E-state index is -0.554. The molecule has 4 rings (SSSR count). The van der Waals surface area contributed by atoms with Gasteiger partial charge in [-0.2, -0.15) is 0 Å². The summed E-state index contributed by atoms with van der Waals surface area (Å²) >= 11 is 6.17. The monoisotopic (exact) mass is 556 g/mol. The first-order chi connectivity index (χ1) is 18.6. The Morgan fingerprint density at radius 3 is 2.49 bits per heavy atom. The lowest BCUT2D eigenvalue weighted by molar-refractivity contribution is -0.121. The van der Waals surface area contributed by atoms with Gasteiger partial charge in [-0.15, -0.1) is 0 Å². The number of benzene rings is 2. The molecule has 3 atom stereocenters. The normalized spacial score (nSPS) is 20.3. The topological polar surface area (TPSA) is 116 Å². The van der Waals surface area contributed by atoms with Crippen molar-refractivity contribution in [3.63, 3.8) is 0 Å². The molecule has 10 nitrogen and oxygen atoms in total. The molecule has 1 saturated heterocycles. The van der Waals surface area contributed by atoms with Gasteiger partial charge in [-0.05, 0) is 64.4 Å². The molecule has 2 amide bonds. The zero-order valence-corrected chi connectivity index (χ0v) is 23.8. The summed E-state index contributed by atoms with van der Waals surface area (Å²) in [7, 11) is 1.64. The van der Waals surface area contributed by atoms with Gasteiger partial charge in [0.25, 0.3) is 0 Å². The van der Waals surface area contributed by atoms with Gasteiger partial charge in [-0.1, -0.05) is 23.7 Å². The van der Waals surface area contributed by atoms with Crippen LogP contribution in [0.15, 0.2) is 47.5 Å². The number of amides is 2. The number of hydrogen-bond donors (Lipinski definition) is 4. The maximum Gasteiger partial charge on any atom is 0.407 e. The first-order valence-corrected chi connectivity index (χ1v) is 13.5. The molecule has 39 heavy (non-hydrogen) atoms. The highest BCUT2D eigenvalue weighted by Crippen LogP contribution is 2.36. The lowest BCUT2D eigenvalue weighted by Gasteiger charge is -2.31. The van der Waals surface area contributed by atoms with Gasteiger partial charge in [0.1, 0.15) is 17.5 Å². The fourth-order valence-electron chi connectivity index (χ4n) is 4.67. The van der Waals surface area contributed by atoms with Crippen molar-refractivity contribution in [2.24, 2.45) is 4.99 Å². The Balaban J connectivity index is 1.51. The van der Waals surface area contributed by atoms with Crippen LogP contribution in [0, 0.1) is 0 Å². The minimum Gasteiger partial charge on any atom is -0.497 e. The zero-order valence-electron chi connectivity index (χ0n) is 23.0. The number of aliphatic imine (C=N–C) groups is 1. The van der Waals surface area contributed by atoms with E-state index in [2.05, 4.69) is 33.3 Å². The fourth-order valence-corrected chi connectivity index (χ4v) is 4.79. The number of anilines is 1. The van der Waals surface area contributed by atoms with E-state index < -0.39 is 17.7 Å². The third-order valence-corrected chi connectivity index (χ3v) is 6.66. The van der Waals surface area contributed by atoms with Gasteiger partial charge < -0.3 is 25.0 Å². The fraction of sp³-hybridized carbons (Fsp3) is 0.464. The first-order valence-electron chi connectivity index (χ1n) is 13.1. The van der Waals surface area contributed by atoms with Gasteiger partial charge in [0.2, 0.25) is 5.91 Å². The van der Waals surface area contributed by atoms with Crippen LogP contribution in [0.3, 0.4) is 0 Å². The molecule has 0 radical (unpaired) electrons. The summed E-state index contributed by atoms with van der Waals surface area (Å²) < 4.78 is 10.8. The van der Waals surface area contributed by atoms with Crippen LogP contribution in [0.1, 0.15) is 51.7 Å². The summed E-state index contributed by atoms with van der Waals surface area (Å²) in [6.07, 6.45) is -0.0129. The van der Waals surface area contributed by atoms with E-state index in [1.54, 1.807) is 7.11 Å². The average molecular weight is 557 g/mol. The number of carbonyl (C=O) groups excluding carboxylic acids is 2. The Bertz CT molecular complexity index is 1210. The van der Waals surface area contributed by atoms with Crippen molar-refractivity contribution in [1.82, 2.24) is 21.5 Å². The Labute approximate surface area is 234 Å². The van der Waals surface area contributed by atoms with E-state index in [4.69, 9.17) is 26.1 Å². The number of methoxy groups -OCH3 is 1. The maximum atomic E-state index is 13.0. The summed E-state index contributed by atoms with van der Waals surface area (Å²) in [5.41, 5.74) is 9.63. The van der Waals surface area contributed by atoms with Crippen LogP contribution in [-0.4, -0.2) is 61.9 Å². The Morgan fingerprint density at radius 2 is 1.79 bits per heavy atom. The average Bonchev–Trinajstić information content (AvgIpc) is 3.20. The van der Waals surface area contributed by atoms with Crippen molar-refractivity contribution in [3.05, 3.63) is 58.6 Å². The first kappa shape index (κ1) is 28.7. The van der Waals surface area contributed by atoms with E-state index in [1.165, 1.54) is 0 Å². The molecule has 0 bridgehead atoms. The van der Waals surface area contributed by atoms with Crippen molar-refractivity contribution in [1.29, 1.82) is 0 Å². The van der Waals surface area contributed by atoms with Crippen LogP contribution in [-0.2, 0) is 9.53 Å². The van der Waals surface area contributed by atoms with E-state index in [0.29, 0.717) is 24.5 Å². The van der Waals surface area contributed by atoms with Crippen LogP contribution in [0.4, 0.5) is 10.5 Å². The van der Waals surface area contributed by atoms with Gasteiger partial charge in [0.05, 0.1) is 31.4 Å². The molecule has 4 N–H and O–H groups in total. The lowest BCUT2D eigenvalue weighted by Crippen LogP contribution is -2.47. The number of nitrogens with zero attached hydrogens (tertiary/aromatic N) is 2. The summed E-state index contributed by atoms with van der Waals surface area (Å²) in [4.78, 5) is 32.2. The number of carbonyl (C=O) groups is 2. The molecule has 1 fully saturated rings. The summed E-state index contributed by atoms with van der Waals surface area (Å²) in [5.74, 6) is 0.595. The predicted molar refractivity (Wildman–Crippen MR) is 152 cm³/mol. The van der Waals surface area contributed by atoms with Gasteiger partial charge in [-0.3, -0.25) is 9.79 Å². The smallest absolute Gasteiger partial charge is 0.407 e. The summed E-state index contributed by atoms with van der Waals surface area (Å²) in [6.45, 7) is 8.31. The minimum absolute atomic E-state index is 0.0357. The summed E-state index contributed by atoms with van der Waals surface area (Å²) in [6, 6.07) is 13.1. The van der Waals surface area contributed by atoms with Crippen molar-refractivity contribution < 1.29 is 19.1 Å². The van der Waals surface area contributed by atoms with Gasteiger partial charge in [0, 0.05) is 34.9 Å². The molecule has 11 heteroatoms. The SMILES string of the molecule is COc1ccc2c(c1)C(c1ccc(Cl)cc1)=NC(CC(=O)NCCCNC(=O)OC(C)(C)C)C1NNC(C)N21. The number of halogens is 1. The summed E-state index contributed by atoms with van der Waals surface area (Å²) in [5, 5.41) is 6.30. The molecule has 0 aromatic heterocycles. The van der Waals surface area contributed by atoms with Crippen molar-refractivity contribution in [2.45, 2.75) is 64.5 Å². The third-order valence-electron chi connectivity index (χ3n) is 6.41. The molecule has 2 aromatic carbocycles. The number of fused-ring (bicyclic) bond motifs is 3. The molecule has 210 valence electrons. The van der Waals surface area contributed by atoms with Gasteiger partial charge in [0.15, 0.2) is 0 Å². The van der Waals surface area contributed by atoms with Crippen LogP contribution < -0.4 is 31.1 Å². The molecule has 0 spiro atoms. The number of alkyl carbamates (subject to hydrolysis) is 1. The lowest BCUT2D eigenvalue weighted by atomic mass is 9.99. The second-order valence-electron chi connectivity index (χ2n) is 10.6. The van der Waals surface area contributed by atoms with E-state index in [1.807, 2.05) is 63.2 Å². The highest BCUT2D eigenvalue weighted by molar-refractivity contribution is 6.30. The van der Waals surface area contributed by atoms with Crippen LogP contribution in [0.2, 0.25) is 5.02 Å². The molecule has 0 saturated carbocycles. The Hall–Kier alpha value is -3.34. The maximum absolute atomic E-state index is 13.0. The quantitative estimate of drug-likeness (QED) is 0.367.